The van der Waals surface area contributed by atoms with Crippen molar-refractivity contribution < 1.29 is 19.4 Å². The Morgan fingerprint density at radius 2 is 1.72 bits per heavy atom. The topological polar surface area (TPSA) is 76.8 Å². The van der Waals surface area contributed by atoms with Crippen molar-refractivity contribution in [3.63, 3.8) is 0 Å². The summed E-state index contributed by atoms with van der Waals surface area (Å²) in [6.07, 6.45) is 0.920. The number of rotatable bonds is 4. The second kappa shape index (κ2) is 8.01. The minimum atomic E-state index is -0.857. The summed E-state index contributed by atoms with van der Waals surface area (Å²) >= 11 is 0. The monoisotopic (exact) mass is 429 g/mol. The number of hydrogen-bond acceptors (Lipinski definition) is 5. The number of amides is 1. The molecule has 0 spiro atoms. The second-order valence-corrected chi connectivity index (χ2v) is 7.71. The number of hydrogen-bond donors (Lipinski definition) is 1. The van der Waals surface area contributed by atoms with E-state index in [1.807, 2.05) is 41.0 Å². The summed E-state index contributed by atoms with van der Waals surface area (Å²) in [4.78, 5) is 19.3. The van der Waals surface area contributed by atoms with Crippen LogP contribution in [0.2, 0.25) is 0 Å². The van der Waals surface area contributed by atoms with E-state index in [0.29, 0.717) is 29.2 Å². The number of carbonyl (C=O) groups is 1. The summed E-state index contributed by atoms with van der Waals surface area (Å²) in [5.74, 6) is 1.07. The number of methoxy groups -OCH3 is 2. The number of imidazole rings is 1. The van der Waals surface area contributed by atoms with Crippen LogP contribution in [0.25, 0.3) is 16.7 Å². The van der Waals surface area contributed by atoms with Gasteiger partial charge in [0.05, 0.1) is 38.3 Å². The van der Waals surface area contributed by atoms with E-state index in [1.54, 1.807) is 49.7 Å². The Labute approximate surface area is 185 Å². The number of aromatic nitrogens is 2. The Bertz CT molecular complexity index is 1300. The van der Waals surface area contributed by atoms with E-state index >= 15 is 0 Å². The molecule has 5 rings (SSSR count). The van der Waals surface area contributed by atoms with Crippen molar-refractivity contribution >= 4 is 16.9 Å². The third kappa shape index (κ3) is 3.27. The Morgan fingerprint density at radius 3 is 2.47 bits per heavy atom. The largest absolute Gasteiger partial charge is 0.496 e. The van der Waals surface area contributed by atoms with Crippen LogP contribution in [0.3, 0.4) is 0 Å². The van der Waals surface area contributed by atoms with Crippen LogP contribution in [-0.4, -0.2) is 46.2 Å². The van der Waals surface area contributed by atoms with Gasteiger partial charge >= 0.3 is 0 Å². The molecule has 0 saturated heterocycles. The van der Waals surface area contributed by atoms with Crippen LogP contribution in [0, 0.1) is 0 Å². The van der Waals surface area contributed by atoms with Crippen LogP contribution in [-0.2, 0) is 6.54 Å². The van der Waals surface area contributed by atoms with E-state index in [0.717, 1.165) is 22.3 Å². The minimum absolute atomic E-state index is 0.151. The molecule has 0 aliphatic carbocycles. The maximum Gasteiger partial charge on any atom is 0.254 e. The van der Waals surface area contributed by atoms with Gasteiger partial charge in [-0.05, 0) is 48.5 Å². The van der Waals surface area contributed by atoms with Gasteiger partial charge in [-0.1, -0.05) is 12.1 Å². The highest BCUT2D eigenvalue weighted by atomic mass is 16.5. The van der Waals surface area contributed by atoms with E-state index in [1.165, 1.54) is 0 Å². The van der Waals surface area contributed by atoms with Gasteiger partial charge in [0.15, 0.2) is 0 Å². The van der Waals surface area contributed by atoms with Crippen molar-refractivity contribution in [2.24, 2.45) is 0 Å². The zero-order valence-corrected chi connectivity index (χ0v) is 17.9. The molecule has 0 radical (unpaired) electrons. The second-order valence-electron chi connectivity index (χ2n) is 7.71. The molecule has 1 aliphatic heterocycles. The highest BCUT2D eigenvalue weighted by Crippen LogP contribution is 2.39. The normalized spacial score (nSPS) is 15.5. The van der Waals surface area contributed by atoms with Gasteiger partial charge in [-0.2, -0.15) is 0 Å². The lowest BCUT2D eigenvalue weighted by Crippen LogP contribution is -2.38. The molecule has 162 valence electrons. The molecule has 3 aromatic carbocycles. The third-order valence-corrected chi connectivity index (χ3v) is 5.92. The van der Waals surface area contributed by atoms with E-state index in [4.69, 9.17) is 9.47 Å². The summed E-state index contributed by atoms with van der Waals surface area (Å²) in [5, 5.41) is 10.8. The van der Waals surface area contributed by atoms with E-state index in [-0.39, 0.29) is 12.5 Å². The molecule has 1 atom stereocenters. The van der Waals surface area contributed by atoms with E-state index in [9.17, 15) is 9.90 Å². The molecule has 1 N–H and O–H groups in total. The lowest BCUT2D eigenvalue weighted by molar-refractivity contribution is 0.0538. The fraction of sp³-hybridized carbons (Fsp3) is 0.200. The van der Waals surface area contributed by atoms with Crippen molar-refractivity contribution in [3.8, 4) is 17.2 Å². The SMILES string of the molecule is COc1ccc(OC)c2c1CN(C(=O)c1ccc(-n3cnc4ccccc43)cc1)CC2O. The Kier molecular flexibility index (Phi) is 5.03. The standard InChI is InChI=1S/C25H23N3O4/c1-31-22-11-12-23(32-2)24-18(22)13-27(14-21(24)29)25(30)16-7-9-17(10-8-16)28-15-26-19-5-3-4-6-20(19)28/h3-12,15,21,29H,13-14H2,1-2H3. The van der Waals surface area contributed by atoms with Crippen LogP contribution >= 0.6 is 0 Å². The van der Waals surface area contributed by atoms with Gasteiger partial charge in [0, 0.05) is 22.4 Å². The summed E-state index contributed by atoms with van der Waals surface area (Å²) in [6.45, 7) is 0.517. The summed E-state index contributed by atoms with van der Waals surface area (Å²) in [5.41, 5.74) is 4.83. The molecule has 32 heavy (non-hydrogen) atoms. The summed E-state index contributed by atoms with van der Waals surface area (Å²) in [6, 6.07) is 18.9. The quantitative estimate of drug-likeness (QED) is 0.535. The van der Waals surface area contributed by atoms with Crippen molar-refractivity contribution in [2.45, 2.75) is 12.6 Å². The summed E-state index contributed by atoms with van der Waals surface area (Å²) in [7, 11) is 3.14. The Hall–Kier alpha value is -3.84. The average molecular weight is 429 g/mol. The van der Waals surface area contributed by atoms with Crippen molar-refractivity contribution in [2.75, 3.05) is 20.8 Å². The molecule has 0 bridgehead atoms. The molecule has 0 saturated carbocycles. The molecular formula is C25H23N3O4. The fourth-order valence-corrected chi connectivity index (χ4v) is 4.34. The number of aliphatic hydroxyl groups is 1. The van der Waals surface area contributed by atoms with Gasteiger partial charge in [-0.25, -0.2) is 4.98 Å². The van der Waals surface area contributed by atoms with Crippen LogP contribution < -0.4 is 9.47 Å². The number of β-amino-alcohol motifs (C(OH)–C–C–N with tert-alkyl or cyclic N) is 1. The molecule has 1 aromatic heterocycles. The molecule has 4 aromatic rings. The van der Waals surface area contributed by atoms with E-state index in [2.05, 4.69) is 4.98 Å². The highest BCUT2D eigenvalue weighted by molar-refractivity contribution is 5.94. The van der Waals surface area contributed by atoms with Gasteiger partial charge in [0.2, 0.25) is 0 Å². The number of aliphatic hydroxyl groups excluding tert-OH is 1. The first-order chi connectivity index (χ1) is 15.6. The number of ether oxygens (including phenoxy) is 2. The highest BCUT2D eigenvalue weighted by Gasteiger charge is 2.32. The molecule has 0 fully saturated rings. The predicted molar refractivity (Wildman–Crippen MR) is 120 cm³/mol. The maximum atomic E-state index is 13.2. The Morgan fingerprint density at radius 1 is 1.00 bits per heavy atom. The minimum Gasteiger partial charge on any atom is -0.496 e. The van der Waals surface area contributed by atoms with Gasteiger partial charge in [0.25, 0.3) is 5.91 Å². The van der Waals surface area contributed by atoms with Crippen LogP contribution in [0.4, 0.5) is 0 Å². The average Bonchev–Trinajstić information content (AvgIpc) is 3.27. The zero-order valence-electron chi connectivity index (χ0n) is 17.9. The smallest absolute Gasteiger partial charge is 0.254 e. The number of fused-ring (bicyclic) bond motifs is 2. The lowest BCUT2D eigenvalue weighted by atomic mass is 9.94. The molecule has 1 unspecified atom stereocenters. The third-order valence-electron chi connectivity index (χ3n) is 5.92. The molecule has 7 nitrogen and oxygen atoms in total. The molecule has 7 heteroatoms. The molecule has 1 aliphatic rings. The lowest BCUT2D eigenvalue weighted by Gasteiger charge is -2.34. The van der Waals surface area contributed by atoms with Gasteiger partial charge in [-0.3, -0.25) is 9.36 Å². The summed E-state index contributed by atoms with van der Waals surface area (Å²) < 4.78 is 12.9. The molecule has 2 heterocycles. The van der Waals surface area contributed by atoms with Crippen LogP contribution in [0.15, 0.2) is 67.0 Å². The van der Waals surface area contributed by atoms with Gasteiger partial charge in [-0.15, -0.1) is 0 Å². The van der Waals surface area contributed by atoms with Gasteiger partial charge < -0.3 is 19.5 Å². The number of para-hydroxylation sites is 2. The van der Waals surface area contributed by atoms with Gasteiger partial charge in [0.1, 0.15) is 23.9 Å². The van der Waals surface area contributed by atoms with E-state index < -0.39 is 6.10 Å². The molecule has 1 amide bonds. The first-order valence-corrected chi connectivity index (χ1v) is 10.3. The molecular weight excluding hydrogens is 406 g/mol. The Balaban J connectivity index is 1.43. The first kappa shape index (κ1) is 20.1. The fourth-order valence-electron chi connectivity index (χ4n) is 4.34. The van der Waals surface area contributed by atoms with Crippen LogP contribution in [0.5, 0.6) is 11.5 Å². The first-order valence-electron chi connectivity index (χ1n) is 10.3. The zero-order chi connectivity index (χ0) is 22.2. The number of nitrogens with zero attached hydrogens (tertiary/aromatic N) is 3. The predicted octanol–water partition coefficient (Wildman–Crippen LogP) is 3.73. The van der Waals surface area contributed by atoms with Crippen molar-refractivity contribution in [1.82, 2.24) is 14.5 Å². The number of benzene rings is 3. The van der Waals surface area contributed by atoms with Crippen molar-refractivity contribution in [3.05, 3.63) is 83.7 Å². The maximum absolute atomic E-state index is 13.2. The number of carbonyl (C=O) groups excluding carboxylic acids is 1. The van der Waals surface area contributed by atoms with Crippen molar-refractivity contribution in [1.29, 1.82) is 0 Å². The van der Waals surface area contributed by atoms with Crippen LogP contribution in [0.1, 0.15) is 27.6 Å².